The van der Waals surface area contributed by atoms with Crippen LogP contribution in [0.15, 0.2) is 30.5 Å². The van der Waals surface area contributed by atoms with Gasteiger partial charge in [0, 0.05) is 5.69 Å². The summed E-state index contributed by atoms with van der Waals surface area (Å²) in [6, 6.07) is 6.73. The zero-order chi connectivity index (χ0) is 14.8. The third-order valence-electron chi connectivity index (χ3n) is 2.84. The Hall–Kier alpha value is -3.16. The number of nitrogens with one attached hydrogen (secondary N) is 1. The standard InChI is InChI=1S/C13H13N7O/c14-11-10-12(20-13(15)19-11)17-6-8(18-10)5-16-7-1-3-9(21)4-2-7/h1-4,6,16,21H,5H2,(H4,14,15,17,19,20). The summed E-state index contributed by atoms with van der Waals surface area (Å²) < 4.78 is 0. The number of aromatic hydroxyl groups is 1. The van der Waals surface area contributed by atoms with Gasteiger partial charge < -0.3 is 21.9 Å². The van der Waals surface area contributed by atoms with Gasteiger partial charge in [0.15, 0.2) is 17.0 Å². The van der Waals surface area contributed by atoms with Crippen molar-refractivity contribution in [3.05, 3.63) is 36.2 Å². The van der Waals surface area contributed by atoms with Crippen LogP contribution in [0.4, 0.5) is 17.5 Å². The van der Waals surface area contributed by atoms with Crippen molar-refractivity contribution >= 4 is 28.6 Å². The van der Waals surface area contributed by atoms with Crippen LogP contribution in [0.2, 0.25) is 0 Å². The molecule has 0 bridgehead atoms. The number of hydrogen-bond acceptors (Lipinski definition) is 8. The van der Waals surface area contributed by atoms with E-state index in [9.17, 15) is 5.11 Å². The average molecular weight is 283 g/mol. The number of rotatable bonds is 3. The molecule has 0 unspecified atom stereocenters. The molecule has 2 aromatic heterocycles. The summed E-state index contributed by atoms with van der Waals surface area (Å²) in [4.78, 5) is 16.4. The number of benzene rings is 1. The lowest BCUT2D eigenvalue weighted by Gasteiger charge is -2.07. The first-order valence-corrected chi connectivity index (χ1v) is 6.19. The van der Waals surface area contributed by atoms with Crippen molar-refractivity contribution in [3.8, 4) is 5.75 Å². The van der Waals surface area contributed by atoms with E-state index < -0.39 is 0 Å². The van der Waals surface area contributed by atoms with Gasteiger partial charge in [-0.2, -0.15) is 9.97 Å². The molecule has 0 amide bonds. The van der Waals surface area contributed by atoms with Crippen LogP contribution >= 0.6 is 0 Å². The summed E-state index contributed by atoms with van der Waals surface area (Å²) in [7, 11) is 0. The number of anilines is 3. The van der Waals surface area contributed by atoms with Crippen molar-refractivity contribution in [1.29, 1.82) is 0 Å². The Balaban J connectivity index is 1.83. The molecule has 21 heavy (non-hydrogen) atoms. The van der Waals surface area contributed by atoms with E-state index in [0.29, 0.717) is 23.4 Å². The Labute approximate surface area is 119 Å². The van der Waals surface area contributed by atoms with Crippen molar-refractivity contribution in [2.75, 3.05) is 16.8 Å². The van der Waals surface area contributed by atoms with E-state index in [2.05, 4.69) is 25.3 Å². The lowest BCUT2D eigenvalue weighted by atomic mass is 10.3. The van der Waals surface area contributed by atoms with Crippen LogP contribution in [-0.2, 0) is 6.54 Å². The number of phenolic OH excluding ortho intramolecular Hbond substituents is 1. The van der Waals surface area contributed by atoms with Crippen molar-refractivity contribution in [2.24, 2.45) is 0 Å². The zero-order valence-electron chi connectivity index (χ0n) is 11.0. The van der Waals surface area contributed by atoms with E-state index in [0.717, 1.165) is 5.69 Å². The molecule has 0 spiro atoms. The highest BCUT2D eigenvalue weighted by molar-refractivity contribution is 5.81. The number of nitrogens with two attached hydrogens (primary N) is 2. The number of hydrogen-bond donors (Lipinski definition) is 4. The third-order valence-corrected chi connectivity index (χ3v) is 2.84. The highest BCUT2D eigenvalue weighted by Crippen LogP contribution is 2.16. The molecular weight excluding hydrogens is 270 g/mol. The highest BCUT2D eigenvalue weighted by Gasteiger charge is 2.07. The van der Waals surface area contributed by atoms with Gasteiger partial charge in [0.1, 0.15) is 5.75 Å². The molecule has 3 rings (SSSR count). The topological polar surface area (TPSA) is 136 Å². The largest absolute Gasteiger partial charge is 0.508 e. The van der Waals surface area contributed by atoms with Gasteiger partial charge >= 0.3 is 0 Å². The summed E-state index contributed by atoms with van der Waals surface area (Å²) in [5.74, 6) is 0.495. The SMILES string of the molecule is Nc1nc(N)c2nc(CNc3ccc(O)cc3)cnc2n1. The van der Waals surface area contributed by atoms with E-state index >= 15 is 0 Å². The fraction of sp³-hybridized carbons (Fsp3) is 0.0769. The summed E-state index contributed by atoms with van der Waals surface area (Å²) >= 11 is 0. The van der Waals surface area contributed by atoms with Crippen molar-refractivity contribution < 1.29 is 5.11 Å². The smallest absolute Gasteiger partial charge is 0.224 e. The van der Waals surface area contributed by atoms with Gasteiger partial charge in [-0.3, -0.25) is 0 Å². The molecule has 0 atom stereocenters. The molecule has 0 aliphatic rings. The Kier molecular flexibility index (Phi) is 3.11. The predicted octanol–water partition coefficient (Wildman–Crippen LogP) is 0.902. The van der Waals surface area contributed by atoms with E-state index in [4.69, 9.17) is 11.5 Å². The van der Waals surface area contributed by atoms with Crippen LogP contribution in [-0.4, -0.2) is 25.0 Å². The number of fused-ring (bicyclic) bond motifs is 1. The molecule has 106 valence electrons. The van der Waals surface area contributed by atoms with E-state index in [1.54, 1.807) is 30.5 Å². The van der Waals surface area contributed by atoms with Gasteiger partial charge in [-0.1, -0.05) is 0 Å². The average Bonchev–Trinajstić information content (AvgIpc) is 2.47. The molecule has 0 saturated heterocycles. The van der Waals surface area contributed by atoms with Crippen LogP contribution in [0.25, 0.3) is 11.2 Å². The Morgan fingerprint density at radius 1 is 1.05 bits per heavy atom. The summed E-state index contributed by atoms with van der Waals surface area (Å²) in [6.07, 6.45) is 1.60. The van der Waals surface area contributed by atoms with Crippen LogP contribution in [0.3, 0.4) is 0 Å². The third kappa shape index (κ3) is 2.73. The van der Waals surface area contributed by atoms with Crippen LogP contribution < -0.4 is 16.8 Å². The zero-order valence-corrected chi connectivity index (χ0v) is 11.0. The quantitative estimate of drug-likeness (QED) is 0.520. The Morgan fingerprint density at radius 3 is 2.57 bits per heavy atom. The van der Waals surface area contributed by atoms with Gasteiger partial charge in [-0.25, -0.2) is 9.97 Å². The molecule has 0 fully saturated rings. The maximum absolute atomic E-state index is 9.23. The number of aromatic nitrogens is 4. The molecule has 0 radical (unpaired) electrons. The van der Waals surface area contributed by atoms with Crippen LogP contribution in [0.1, 0.15) is 5.69 Å². The van der Waals surface area contributed by atoms with Gasteiger partial charge in [-0.15, -0.1) is 0 Å². The minimum atomic E-state index is 0.0734. The maximum Gasteiger partial charge on any atom is 0.224 e. The molecule has 0 aliphatic carbocycles. The van der Waals surface area contributed by atoms with Gasteiger partial charge in [0.05, 0.1) is 18.4 Å². The molecule has 3 aromatic rings. The van der Waals surface area contributed by atoms with Gasteiger partial charge in [0.2, 0.25) is 5.95 Å². The van der Waals surface area contributed by atoms with E-state index in [1.807, 2.05) is 0 Å². The molecule has 0 saturated carbocycles. The highest BCUT2D eigenvalue weighted by atomic mass is 16.3. The fourth-order valence-electron chi connectivity index (χ4n) is 1.84. The van der Waals surface area contributed by atoms with E-state index in [1.165, 1.54) is 0 Å². The summed E-state index contributed by atoms with van der Waals surface area (Å²) in [5.41, 5.74) is 13.6. The minimum absolute atomic E-state index is 0.0734. The Bertz CT molecular complexity index is 788. The first-order valence-electron chi connectivity index (χ1n) is 6.19. The lowest BCUT2D eigenvalue weighted by Crippen LogP contribution is -2.06. The van der Waals surface area contributed by atoms with Crippen LogP contribution in [0, 0.1) is 0 Å². The first-order chi connectivity index (χ1) is 10.1. The second-order valence-corrected chi connectivity index (χ2v) is 4.40. The summed E-state index contributed by atoms with van der Waals surface area (Å²) in [5, 5.41) is 12.4. The first kappa shape index (κ1) is 12.9. The normalized spacial score (nSPS) is 10.7. The number of phenols is 1. The monoisotopic (exact) mass is 283 g/mol. The lowest BCUT2D eigenvalue weighted by molar-refractivity contribution is 0.475. The molecule has 6 N–H and O–H groups in total. The second-order valence-electron chi connectivity index (χ2n) is 4.40. The van der Waals surface area contributed by atoms with Crippen molar-refractivity contribution in [2.45, 2.75) is 6.54 Å². The fourth-order valence-corrected chi connectivity index (χ4v) is 1.84. The number of nitrogens with zero attached hydrogens (tertiary/aromatic N) is 4. The molecule has 0 aliphatic heterocycles. The molecular formula is C13H13N7O. The van der Waals surface area contributed by atoms with Crippen molar-refractivity contribution in [1.82, 2.24) is 19.9 Å². The minimum Gasteiger partial charge on any atom is -0.508 e. The molecule has 8 heteroatoms. The maximum atomic E-state index is 9.23. The Morgan fingerprint density at radius 2 is 1.81 bits per heavy atom. The van der Waals surface area contributed by atoms with Gasteiger partial charge in [0.25, 0.3) is 0 Å². The number of nitrogen functional groups attached to an aromatic ring is 2. The second kappa shape index (κ2) is 5.08. The predicted molar refractivity (Wildman–Crippen MR) is 79.4 cm³/mol. The summed E-state index contributed by atoms with van der Waals surface area (Å²) in [6.45, 7) is 0.456. The van der Waals surface area contributed by atoms with E-state index in [-0.39, 0.29) is 17.5 Å². The molecule has 1 aromatic carbocycles. The van der Waals surface area contributed by atoms with Crippen molar-refractivity contribution in [3.63, 3.8) is 0 Å². The molecule has 2 heterocycles. The van der Waals surface area contributed by atoms with Gasteiger partial charge in [-0.05, 0) is 24.3 Å². The van der Waals surface area contributed by atoms with Crippen LogP contribution in [0.5, 0.6) is 5.75 Å². The molecule has 8 nitrogen and oxygen atoms in total.